The summed E-state index contributed by atoms with van der Waals surface area (Å²) < 4.78 is 0. The highest BCUT2D eigenvalue weighted by molar-refractivity contribution is 6.01. The fourth-order valence-electron chi connectivity index (χ4n) is 4.25. The van der Waals surface area contributed by atoms with Crippen LogP contribution < -0.4 is 5.48 Å². The Kier molecular flexibility index (Phi) is 6.48. The minimum Gasteiger partial charge on any atom is -0.294 e. The van der Waals surface area contributed by atoms with Crippen molar-refractivity contribution in [3.05, 3.63) is 52.6 Å². The second-order valence-electron chi connectivity index (χ2n) is 8.74. The first-order valence-electron chi connectivity index (χ1n) is 10.3. The number of rotatable bonds is 7. The van der Waals surface area contributed by atoms with Gasteiger partial charge in [0.05, 0.1) is 6.04 Å². The molecule has 0 radical (unpaired) electrons. The predicted molar refractivity (Wildman–Crippen MR) is 115 cm³/mol. The van der Waals surface area contributed by atoms with Crippen LogP contribution in [0.15, 0.2) is 46.5 Å². The standard InChI is InChI=1S/C24H30N2O3/c1-16-6-5-12-24(2,3)20(16)11-13-25-21-15-19(21)23(28)18-8-4-7-17(14-18)9-10-22(27)26-29/h4,7-10,13-14,19,21,29H,5-6,11-12,15H2,1-3H3,(H,26,27). The van der Waals surface area contributed by atoms with Crippen LogP contribution in [0.25, 0.3) is 6.08 Å². The van der Waals surface area contributed by atoms with E-state index in [0.717, 1.165) is 18.4 Å². The molecule has 2 aliphatic rings. The maximum absolute atomic E-state index is 12.8. The van der Waals surface area contributed by atoms with Crippen LogP contribution in [0.1, 0.15) is 68.8 Å². The molecular formula is C24H30N2O3. The van der Waals surface area contributed by atoms with E-state index in [2.05, 4.69) is 25.8 Å². The highest BCUT2D eigenvalue weighted by Gasteiger charge is 2.43. The molecule has 1 aromatic carbocycles. The zero-order chi connectivity index (χ0) is 21.0. The molecule has 2 N–H and O–H groups in total. The van der Waals surface area contributed by atoms with Crippen molar-refractivity contribution in [3.63, 3.8) is 0 Å². The molecule has 5 heteroatoms. The lowest BCUT2D eigenvalue weighted by Crippen LogP contribution is -2.20. The maximum Gasteiger partial charge on any atom is 0.267 e. The number of carbonyl (C=O) groups excluding carboxylic acids is 2. The number of nitrogens with one attached hydrogen (secondary N) is 1. The lowest BCUT2D eigenvalue weighted by molar-refractivity contribution is -0.124. The molecule has 2 unspecified atom stereocenters. The fraction of sp³-hybridized carbons (Fsp3) is 0.458. The van der Waals surface area contributed by atoms with Crippen LogP contribution in [0.5, 0.6) is 0 Å². The molecule has 1 aromatic rings. The number of carbonyl (C=O) groups is 2. The van der Waals surface area contributed by atoms with E-state index < -0.39 is 5.91 Å². The molecule has 2 aliphatic carbocycles. The highest BCUT2D eigenvalue weighted by Crippen LogP contribution is 2.42. The number of benzene rings is 1. The molecule has 0 bridgehead atoms. The number of allylic oxidation sites excluding steroid dienone is 2. The van der Waals surface area contributed by atoms with Gasteiger partial charge >= 0.3 is 0 Å². The van der Waals surface area contributed by atoms with Gasteiger partial charge < -0.3 is 0 Å². The first-order chi connectivity index (χ1) is 13.8. The van der Waals surface area contributed by atoms with Crippen molar-refractivity contribution in [1.29, 1.82) is 0 Å². The van der Waals surface area contributed by atoms with Gasteiger partial charge in [-0.1, -0.05) is 43.2 Å². The number of hydroxylamine groups is 1. The predicted octanol–water partition coefficient (Wildman–Crippen LogP) is 4.76. The second kappa shape index (κ2) is 8.87. The third kappa shape index (κ3) is 5.30. The monoisotopic (exact) mass is 394 g/mol. The summed E-state index contributed by atoms with van der Waals surface area (Å²) in [5, 5.41) is 8.54. The van der Waals surface area contributed by atoms with Crippen LogP contribution >= 0.6 is 0 Å². The van der Waals surface area contributed by atoms with E-state index in [1.54, 1.807) is 29.8 Å². The van der Waals surface area contributed by atoms with Crippen molar-refractivity contribution in [2.75, 3.05) is 0 Å². The molecule has 29 heavy (non-hydrogen) atoms. The van der Waals surface area contributed by atoms with E-state index in [4.69, 9.17) is 5.21 Å². The Bertz CT molecular complexity index is 880. The molecule has 1 saturated carbocycles. The number of ketones is 1. The Morgan fingerprint density at radius 2 is 2.14 bits per heavy atom. The Labute approximate surface area is 172 Å². The molecule has 1 amide bonds. The van der Waals surface area contributed by atoms with E-state index in [1.807, 2.05) is 12.3 Å². The average Bonchev–Trinajstić information content (AvgIpc) is 3.47. The van der Waals surface area contributed by atoms with Crippen molar-refractivity contribution in [2.24, 2.45) is 16.3 Å². The van der Waals surface area contributed by atoms with Crippen molar-refractivity contribution >= 4 is 24.0 Å². The van der Waals surface area contributed by atoms with Crippen LogP contribution in [0.4, 0.5) is 0 Å². The lowest BCUT2D eigenvalue weighted by atomic mass is 9.72. The Morgan fingerprint density at radius 1 is 1.34 bits per heavy atom. The highest BCUT2D eigenvalue weighted by atomic mass is 16.5. The van der Waals surface area contributed by atoms with Gasteiger partial charge in [-0.15, -0.1) is 0 Å². The molecule has 1 fully saturated rings. The van der Waals surface area contributed by atoms with Gasteiger partial charge in [-0.05, 0) is 55.7 Å². The summed E-state index contributed by atoms with van der Waals surface area (Å²) in [7, 11) is 0. The van der Waals surface area contributed by atoms with Crippen LogP contribution in [-0.2, 0) is 4.79 Å². The second-order valence-corrected chi connectivity index (χ2v) is 8.74. The van der Waals surface area contributed by atoms with E-state index >= 15 is 0 Å². The summed E-state index contributed by atoms with van der Waals surface area (Å²) in [6.07, 6.45) is 10.1. The molecule has 0 heterocycles. The molecule has 2 atom stereocenters. The van der Waals surface area contributed by atoms with Crippen LogP contribution in [0.2, 0.25) is 0 Å². The van der Waals surface area contributed by atoms with Crippen LogP contribution in [0, 0.1) is 11.3 Å². The van der Waals surface area contributed by atoms with Crippen molar-refractivity contribution in [2.45, 2.75) is 58.9 Å². The Morgan fingerprint density at radius 3 is 2.86 bits per heavy atom. The first-order valence-corrected chi connectivity index (χ1v) is 10.3. The van der Waals surface area contributed by atoms with E-state index in [0.29, 0.717) is 5.56 Å². The van der Waals surface area contributed by atoms with E-state index in [1.165, 1.54) is 36.5 Å². The quantitative estimate of drug-likeness (QED) is 0.175. The molecule has 154 valence electrons. The molecule has 0 aliphatic heterocycles. The maximum atomic E-state index is 12.8. The topological polar surface area (TPSA) is 78.8 Å². The summed E-state index contributed by atoms with van der Waals surface area (Å²) in [5.41, 5.74) is 6.16. The van der Waals surface area contributed by atoms with Gasteiger partial charge in [-0.25, -0.2) is 5.48 Å². The first kappa shape index (κ1) is 21.2. The van der Waals surface area contributed by atoms with Crippen molar-refractivity contribution in [1.82, 2.24) is 5.48 Å². The minimum atomic E-state index is -0.607. The number of hydrogen-bond donors (Lipinski definition) is 2. The zero-order valence-electron chi connectivity index (χ0n) is 17.4. The van der Waals surface area contributed by atoms with Gasteiger partial charge in [0.1, 0.15) is 0 Å². The third-order valence-corrected chi connectivity index (χ3v) is 6.08. The largest absolute Gasteiger partial charge is 0.294 e. The number of hydrogen-bond acceptors (Lipinski definition) is 4. The van der Waals surface area contributed by atoms with Crippen molar-refractivity contribution < 1.29 is 14.8 Å². The SMILES string of the molecule is CC1=C(CC=NC2CC2C(=O)c2cccc(C=CC(=O)NO)c2)C(C)(C)CCC1. The van der Waals surface area contributed by atoms with Gasteiger partial charge in [0.2, 0.25) is 0 Å². The van der Waals surface area contributed by atoms with Gasteiger partial charge in [-0.2, -0.15) is 0 Å². The number of nitrogens with zero attached hydrogens (tertiary/aromatic N) is 1. The van der Waals surface area contributed by atoms with Gasteiger partial charge in [0.15, 0.2) is 5.78 Å². The molecule has 3 rings (SSSR count). The molecule has 5 nitrogen and oxygen atoms in total. The van der Waals surface area contributed by atoms with Crippen LogP contribution in [0.3, 0.4) is 0 Å². The normalized spacial score (nSPS) is 23.6. The summed E-state index contributed by atoms with van der Waals surface area (Å²) in [5.74, 6) is -0.562. The van der Waals surface area contributed by atoms with E-state index in [9.17, 15) is 9.59 Å². The summed E-state index contributed by atoms with van der Waals surface area (Å²) in [4.78, 5) is 28.5. The van der Waals surface area contributed by atoms with Gasteiger partial charge in [0.25, 0.3) is 5.91 Å². The zero-order valence-corrected chi connectivity index (χ0v) is 17.4. The third-order valence-electron chi connectivity index (χ3n) is 6.08. The minimum absolute atomic E-state index is 0.0549. The Hall–Kier alpha value is -2.53. The molecular weight excluding hydrogens is 364 g/mol. The molecule has 0 spiro atoms. The van der Waals surface area contributed by atoms with Gasteiger partial charge in [-0.3, -0.25) is 19.8 Å². The summed E-state index contributed by atoms with van der Waals surface area (Å²) in [6.45, 7) is 6.86. The number of Topliss-reactive ketones (excluding diaryl/α,β-unsaturated/α-hetero) is 1. The average molecular weight is 395 g/mol. The van der Waals surface area contributed by atoms with E-state index in [-0.39, 0.29) is 23.2 Å². The fourth-order valence-corrected chi connectivity index (χ4v) is 4.25. The number of aliphatic imine (C=N–C) groups is 1. The van der Waals surface area contributed by atoms with Crippen LogP contribution in [-0.4, -0.2) is 29.2 Å². The molecule has 0 aromatic heterocycles. The van der Waals surface area contributed by atoms with Gasteiger partial charge in [0, 0.05) is 30.2 Å². The van der Waals surface area contributed by atoms with Crippen molar-refractivity contribution in [3.8, 4) is 0 Å². The lowest BCUT2D eigenvalue weighted by Gasteiger charge is -2.34. The number of amides is 1. The smallest absolute Gasteiger partial charge is 0.267 e. The Balaban J connectivity index is 1.59. The summed E-state index contributed by atoms with van der Waals surface area (Å²) >= 11 is 0. The summed E-state index contributed by atoms with van der Waals surface area (Å²) in [6, 6.07) is 7.24. The molecule has 0 saturated heterocycles.